The van der Waals surface area contributed by atoms with Crippen molar-refractivity contribution < 1.29 is 9.90 Å². The highest BCUT2D eigenvalue weighted by atomic mass is 16.3. The molecule has 1 saturated heterocycles. The third-order valence-corrected chi connectivity index (χ3v) is 5.16. The maximum Gasteiger partial charge on any atom is 0.329 e. The number of carbonyl (C=O) groups excluding carboxylic acids is 1. The summed E-state index contributed by atoms with van der Waals surface area (Å²) >= 11 is 0. The summed E-state index contributed by atoms with van der Waals surface area (Å²) in [6.07, 6.45) is 5.33. The summed E-state index contributed by atoms with van der Waals surface area (Å²) in [6, 6.07) is 7.27. The molecule has 2 amide bonds. The highest BCUT2D eigenvalue weighted by Gasteiger charge is 2.40. The fourth-order valence-electron chi connectivity index (χ4n) is 3.84. The highest BCUT2D eigenvalue weighted by molar-refractivity contribution is 6.33. The topological polar surface area (TPSA) is 106 Å². The monoisotopic (exact) mass is 405 g/mol. The predicted octanol–water partition coefficient (Wildman–Crippen LogP) is 1.99. The first kappa shape index (κ1) is 19.7. The van der Waals surface area contributed by atoms with Crippen molar-refractivity contribution in [1.29, 1.82) is 0 Å². The fraction of sp³-hybridized carbons (Fsp3) is 0.286. The molecule has 0 unspecified atom stereocenters. The Morgan fingerprint density at radius 1 is 1.43 bits per heavy atom. The van der Waals surface area contributed by atoms with Crippen LogP contribution in [0.25, 0.3) is 11.3 Å². The molecule has 30 heavy (non-hydrogen) atoms. The summed E-state index contributed by atoms with van der Waals surface area (Å²) in [5, 5.41) is 12.2. The van der Waals surface area contributed by atoms with Crippen LogP contribution in [-0.4, -0.2) is 59.3 Å². The van der Waals surface area contributed by atoms with Crippen LogP contribution in [0.4, 0.5) is 16.3 Å². The molecule has 1 fully saturated rings. The van der Waals surface area contributed by atoms with Crippen LogP contribution in [-0.2, 0) is 6.61 Å². The van der Waals surface area contributed by atoms with Gasteiger partial charge in [0.05, 0.1) is 35.9 Å². The predicted molar refractivity (Wildman–Crippen MR) is 117 cm³/mol. The molecule has 1 atom stereocenters. The molecule has 154 valence electrons. The van der Waals surface area contributed by atoms with E-state index in [1.807, 2.05) is 18.2 Å². The summed E-state index contributed by atoms with van der Waals surface area (Å²) in [5.74, 6) is 0.921. The zero-order valence-corrected chi connectivity index (χ0v) is 16.7. The minimum atomic E-state index is -0.307. The second-order valence-corrected chi connectivity index (χ2v) is 7.01. The van der Waals surface area contributed by atoms with E-state index >= 15 is 0 Å². The van der Waals surface area contributed by atoms with Gasteiger partial charge in [-0.25, -0.2) is 14.8 Å². The molecule has 2 aliphatic heterocycles. The molecule has 0 saturated carbocycles. The van der Waals surface area contributed by atoms with Gasteiger partial charge in [0.2, 0.25) is 0 Å². The number of hydrogen-bond acceptors (Lipinski definition) is 7. The van der Waals surface area contributed by atoms with Crippen LogP contribution in [0.1, 0.15) is 12.1 Å². The number of aromatic nitrogens is 2. The first-order valence-corrected chi connectivity index (χ1v) is 9.68. The number of amidine groups is 1. The number of nitrogens with zero attached hydrogens (tertiary/aromatic N) is 6. The van der Waals surface area contributed by atoms with E-state index in [4.69, 9.17) is 4.98 Å². The standard InChI is InChI=1S/C21H23N7O2/c1-3-23-19(11-22-2)26-21(30)28-16-7-9-27(12-16)18-5-4-17(25-20(18)28)14-6-8-24-15(10-14)13-29/h3-6,8,10-11,16,29H,1,7,9,12-13H2,2H3,(H,23,26,30)/t16-/m0/s1. The number of anilines is 2. The van der Waals surface area contributed by atoms with Crippen LogP contribution in [0.5, 0.6) is 0 Å². The number of amides is 2. The van der Waals surface area contributed by atoms with Crippen molar-refractivity contribution in [2.75, 3.05) is 29.9 Å². The van der Waals surface area contributed by atoms with E-state index in [0.29, 0.717) is 23.0 Å². The molecule has 4 rings (SSSR count). The molecule has 0 aliphatic carbocycles. The van der Waals surface area contributed by atoms with E-state index < -0.39 is 0 Å². The fourth-order valence-corrected chi connectivity index (χ4v) is 3.84. The molecule has 9 heteroatoms. The normalized spacial score (nSPS) is 17.9. The molecule has 2 bridgehead atoms. The Kier molecular flexibility index (Phi) is 5.53. The SMILES string of the molecule is C=CN=C(C=NC)NC(=O)N1c2nc(-c3ccnc(CO)c3)ccc2N2CC[C@H]1C2. The van der Waals surface area contributed by atoms with Crippen LogP contribution >= 0.6 is 0 Å². The van der Waals surface area contributed by atoms with Crippen molar-refractivity contribution in [2.24, 2.45) is 9.98 Å². The van der Waals surface area contributed by atoms with Crippen molar-refractivity contribution in [3.8, 4) is 11.3 Å². The number of carbonyl (C=O) groups is 1. The number of urea groups is 1. The van der Waals surface area contributed by atoms with Crippen molar-refractivity contribution in [2.45, 2.75) is 19.1 Å². The average molecular weight is 405 g/mol. The van der Waals surface area contributed by atoms with Crippen molar-refractivity contribution >= 4 is 29.6 Å². The molecule has 2 aliphatic rings. The second kappa shape index (κ2) is 8.42. The largest absolute Gasteiger partial charge is 0.390 e. The minimum absolute atomic E-state index is 0.0224. The Balaban J connectivity index is 1.72. The lowest BCUT2D eigenvalue weighted by atomic mass is 10.1. The maximum absolute atomic E-state index is 13.2. The van der Waals surface area contributed by atoms with Gasteiger partial charge in [0.15, 0.2) is 11.7 Å². The van der Waals surface area contributed by atoms with Crippen LogP contribution in [0.3, 0.4) is 0 Å². The number of pyridine rings is 2. The lowest BCUT2D eigenvalue weighted by Crippen LogP contribution is -2.52. The molecule has 0 radical (unpaired) electrons. The quantitative estimate of drug-likeness (QED) is 0.598. The number of aliphatic hydroxyl groups is 1. The first-order chi connectivity index (χ1) is 14.6. The van der Waals surface area contributed by atoms with Gasteiger partial charge in [0.1, 0.15) is 0 Å². The third-order valence-electron chi connectivity index (χ3n) is 5.16. The van der Waals surface area contributed by atoms with Crippen LogP contribution < -0.4 is 15.1 Å². The van der Waals surface area contributed by atoms with Crippen LogP contribution in [0.2, 0.25) is 0 Å². The minimum Gasteiger partial charge on any atom is -0.390 e. The van der Waals surface area contributed by atoms with Gasteiger partial charge in [-0.05, 0) is 30.7 Å². The molecule has 2 aromatic rings. The number of aliphatic imine (C=N–C) groups is 2. The van der Waals surface area contributed by atoms with E-state index in [1.165, 1.54) is 12.4 Å². The third kappa shape index (κ3) is 3.67. The Labute approximate surface area is 174 Å². The summed E-state index contributed by atoms with van der Waals surface area (Å²) < 4.78 is 0. The average Bonchev–Trinajstić information content (AvgIpc) is 3.18. The number of fused-ring (bicyclic) bond motifs is 4. The number of aliphatic hydroxyl groups excluding tert-OH is 1. The summed E-state index contributed by atoms with van der Waals surface area (Å²) in [5.41, 5.74) is 3.03. The van der Waals surface area contributed by atoms with Crippen LogP contribution in [0.15, 0.2) is 53.2 Å². The Morgan fingerprint density at radius 3 is 3.07 bits per heavy atom. The highest BCUT2D eigenvalue weighted by Crippen LogP contribution is 2.40. The first-order valence-electron chi connectivity index (χ1n) is 9.68. The van der Waals surface area contributed by atoms with E-state index in [0.717, 1.165) is 30.8 Å². The Morgan fingerprint density at radius 2 is 2.30 bits per heavy atom. The molecule has 2 aromatic heterocycles. The van der Waals surface area contributed by atoms with Crippen LogP contribution in [0, 0.1) is 0 Å². The zero-order chi connectivity index (χ0) is 21.1. The van der Waals surface area contributed by atoms with E-state index in [1.54, 1.807) is 24.2 Å². The smallest absolute Gasteiger partial charge is 0.329 e. The Bertz CT molecular complexity index is 1030. The van der Waals surface area contributed by atoms with Crippen molar-refractivity contribution in [1.82, 2.24) is 15.3 Å². The number of rotatable bonds is 4. The molecule has 4 heterocycles. The lowest BCUT2D eigenvalue weighted by molar-refractivity contribution is 0.248. The zero-order valence-electron chi connectivity index (χ0n) is 16.7. The van der Waals surface area contributed by atoms with Gasteiger partial charge < -0.3 is 10.0 Å². The molecule has 0 spiro atoms. The van der Waals surface area contributed by atoms with Gasteiger partial charge in [0.25, 0.3) is 0 Å². The molecular weight excluding hydrogens is 382 g/mol. The lowest BCUT2D eigenvalue weighted by Gasteiger charge is -2.35. The summed E-state index contributed by atoms with van der Waals surface area (Å²) in [7, 11) is 1.61. The van der Waals surface area contributed by atoms with Gasteiger partial charge in [-0.2, -0.15) is 0 Å². The van der Waals surface area contributed by atoms with Gasteiger partial charge >= 0.3 is 6.03 Å². The van der Waals surface area contributed by atoms with Gasteiger partial charge in [0, 0.05) is 38.1 Å². The van der Waals surface area contributed by atoms with Gasteiger partial charge in [-0.1, -0.05) is 6.58 Å². The number of hydrogen-bond donors (Lipinski definition) is 2. The van der Waals surface area contributed by atoms with E-state index in [9.17, 15) is 9.90 Å². The summed E-state index contributed by atoms with van der Waals surface area (Å²) in [4.78, 5) is 34.1. The van der Waals surface area contributed by atoms with E-state index in [2.05, 4.69) is 31.8 Å². The maximum atomic E-state index is 13.2. The molecule has 0 aromatic carbocycles. The number of nitrogens with one attached hydrogen (secondary N) is 1. The molecular formula is C21H23N7O2. The molecule has 9 nitrogen and oxygen atoms in total. The summed E-state index contributed by atoms with van der Waals surface area (Å²) in [6.45, 7) is 5.07. The Hall–Kier alpha value is -3.59. The second-order valence-electron chi connectivity index (χ2n) is 7.01. The van der Waals surface area contributed by atoms with Crippen molar-refractivity contribution in [3.63, 3.8) is 0 Å². The van der Waals surface area contributed by atoms with E-state index in [-0.39, 0.29) is 18.7 Å². The molecule has 2 N–H and O–H groups in total. The van der Waals surface area contributed by atoms with Gasteiger partial charge in [-0.15, -0.1) is 0 Å². The van der Waals surface area contributed by atoms with Gasteiger partial charge in [-0.3, -0.25) is 20.2 Å². The van der Waals surface area contributed by atoms with Crippen molar-refractivity contribution in [3.05, 3.63) is 48.9 Å².